The van der Waals surface area contributed by atoms with Crippen LogP contribution in [0.5, 0.6) is 11.5 Å². The number of alkyl halides is 3. The maximum atomic E-state index is 12.2. The Balaban J connectivity index is 3.27. The van der Waals surface area contributed by atoms with Crippen LogP contribution in [0.3, 0.4) is 0 Å². The third kappa shape index (κ3) is 3.31. The second kappa shape index (κ2) is 4.92. The number of phenolic OH excluding ortho intramolecular Hbond substituents is 1. The number of rotatable bonds is 3. The topological polar surface area (TPSA) is 63.6 Å². The van der Waals surface area contributed by atoms with Crippen molar-refractivity contribution in [1.29, 1.82) is 0 Å². The van der Waals surface area contributed by atoms with Crippen LogP contribution in [-0.2, 0) is 10.1 Å². The highest BCUT2D eigenvalue weighted by Gasteiger charge is 2.48. The van der Waals surface area contributed by atoms with Crippen LogP contribution in [0.25, 0.3) is 0 Å². The highest BCUT2D eigenvalue weighted by atomic mass is 32.2. The average molecular weight is 298 g/mol. The molecule has 0 atom stereocenters. The van der Waals surface area contributed by atoms with Gasteiger partial charge in [-0.1, -0.05) is 13.8 Å². The van der Waals surface area contributed by atoms with E-state index in [4.69, 9.17) is 0 Å². The van der Waals surface area contributed by atoms with Gasteiger partial charge in [0.05, 0.1) is 0 Å². The summed E-state index contributed by atoms with van der Waals surface area (Å²) in [7, 11) is -5.79. The van der Waals surface area contributed by atoms with Gasteiger partial charge in [-0.05, 0) is 36.1 Å². The molecule has 0 amide bonds. The number of benzene rings is 1. The van der Waals surface area contributed by atoms with E-state index in [1.165, 1.54) is 0 Å². The van der Waals surface area contributed by atoms with E-state index in [-0.39, 0.29) is 5.92 Å². The molecule has 1 aromatic carbocycles. The monoisotopic (exact) mass is 298 g/mol. The third-order valence-corrected chi connectivity index (χ3v) is 3.42. The van der Waals surface area contributed by atoms with E-state index < -0.39 is 27.1 Å². The molecule has 108 valence electrons. The standard InChI is InChI=1S/C11H13F3O4S/c1-6(2)8-5-10(9(15)4-7(8)3)18-19(16,17)11(12,13)14/h4-6,15H,1-3H3. The Bertz CT molecular complexity index is 576. The molecule has 0 aliphatic carbocycles. The van der Waals surface area contributed by atoms with Gasteiger partial charge < -0.3 is 9.29 Å². The summed E-state index contributed by atoms with van der Waals surface area (Å²) in [6.45, 7) is 5.21. The van der Waals surface area contributed by atoms with Crippen LogP contribution in [0.15, 0.2) is 12.1 Å². The van der Waals surface area contributed by atoms with Crippen LogP contribution in [0.4, 0.5) is 13.2 Å². The molecule has 4 nitrogen and oxygen atoms in total. The Morgan fingerprint density at radius 3 is 2.21 bits per heavy atom. The SMILES string of the molecule is Cc1cc(O)c(OS(=O)(=O)C(F)(F)F)cc1C(C)C. The van der Waals surface area contributed by atoms with Crippen molar-refractivity contribution in [1.82, 2.24) is 0 Å². The maximum absolute atomic E-state index is 12.2. The van der Waals surface area contributed by atoms with E-state index in [2.05, 4.69) is 4.18 Å². The van der Waals surface area contributed by atoms with Crippen LogP contribution < -0.4 is 4.18 Å². The van der Waals surface area contributed by atoms with Gasteiger partial charge in [-0.3, -0.25) is 0 Å². The fraction of sp³-hybridized carbons (Fsp3) is 0.455. The van der Waals surface area contributed by atoms with Crippen LogP contribution in [-0.4, -0.2) is 19.0 Å². The zero-order valence-electron chi connectivity index (χ0n) is 10.4. The van der Waals surface area contributed by atoms with Crippen molar-refractivity contribution >= 4 is 10.1 Å². The van der Waals surface area contributed by atoms with Crippen molar-refractivity contribution < 1.29 is 30.9 Å². The summed E-state index contributed by atoms with van der Waals surface area (Å²) in [5, 5.41) is 9.47. The van der Waals surface area contributed by atoms with Gasteiger partial charge in [0.1, 0.15) is 0 Å². The summed E-state index contributed by atoms with van der Waals surface area (Å²) in [5.41, 5.74) is -4.32. The fourth-order valence-corrected chi connectivity index (χ4v) is 2.01. The van der Waals surface area contributed by atoms with Gasteiger partial charge in [0.25, 0.3) is 0 Å². The molecule has 0 heterocycles. The number of phenols is 1. The zero-order chi connectivity index (χ0) is 15.0. The number of aryl methyl sites for hydroxylation is 1. The van der Waals surface area contributed by atoms with E-state index in [0.29, 0.717) is 11.1 Å². The lowest BCUT2D eigenvalue weighted by atomic mass is 9.97. The predicted octanol–water partition coefficient (Wildman–Crippen LogP) is 3.05. The molecule has 1 N–H and O–H groups in total. The Kier molecular flexibility index (Phi) is 4.04. The summed E-state index contributed by atoms with van der Waals surface area (Å²) in [4.78, 5) is 0. The quantitative estimate of drug-likeness (QED) is 0.688. The molecule has 0 spiro atoms. The van der Waals surface area contributed by atoms with Crippen molar-refractivity contribution in [3.8, 4) is 11.5 Å². The molecule has 0 aromatic heterocycles. The molecule has 0 aliphatic heterocycles. The van der Waals surface area contributed by atoms with Gasteiger partial charge in [0, 0.05) is 0 Å². The van der Waals surface area contributed by atoms with Crippen LogP contribution in [0.2, 0.25) is 0 Å². The second-order valence-electron chi connectivity index (χ2n) is 4.31. The van der Waals surface area contributed by atoms with E-state index >= 15 is 0 Å². The Hall–Kier alpha value is -1.44. The first kappa shape index (κ1) is 15.6. The molecule has 1 rings (SSSR count). The first-order valence-electron chi connectivity index (χ1n) is 5.30. The number of hydrogen-bond acceptors (Lipinski definition) is 4. The summed E-state index contributed by atoms with van der Waals surface area (Å²) >= 11 is 0. The molecule has 1 aromatic rings. The minimum Gasteiger partial charge on any atom is -0.504 e. The highest BCUT2D eigenvalue weighted by Crippen LogP contribution is 2.36. The number of halogens is 3. The molecular formula is C11H13F3O4S. The van der Waals surface area contributed by atoms with Crippen LogP contribution >= 0.6 is 0 Å². The molecule has 0 unspecified atom stereocenters. The molecule has 0 radical (unpaired) electrons. The molecule has 0 bridgehead atoms. The number of aromatic hydroxyl groups is 1. The Labute approximate surface area is 108 Å². The third-order valence-electron chi connectivity index (χ3n) is 2.45. The number of hydrogen-bond donors (Lipinski definition) is 1. The van der Waals surface area contributed by atoms with Gasteiger partial charge >= 0.3 is 15.6 Å². The Morgan fingerprint density at radius 1 is 1.26 bits per heavy atom. The summed E-state index contributed by atoms with van der Waals surface area (Å²) in [6.07, 6.45) is 0. The summed E-state index contributed by atoms with van der Waals surface area (Å²) < 4.78 is 62.3. The van der Waals surface area contributed by atoms with Crippen molar-refractivity contribution in [2.75, 3.05) is 0 Å². The van der Waals surface area contributed by atoms with E-state index in [9.17, 15) is 26.7 Å². The molecule has 0 fully saturated rings. The second-order valence-corrected chi connectivity index (χ2v) is 5.85. The van der Waals surface area contributed by atoms with E-state index in [1.54, 1.807) is 20.8 Å². The van der Waals surface area contributed by atoms with Gasteiger partial charge in [-0.15, -0.1) is 0 Å². The van der Waals surface area contributed by atoms with Gasteiger partial charge in [0.2, 0.25) is 0 Å². The zero-order valence-corrected chi connectivity index (χ0v) is 11.3. The summed E-state index contributed by atoms with van der Waals surface area (Å²) in [5.74, 6) is -1.45. The minimum absolute atomic E-state index is 0.0588. The van der Waals surface area contributed by atoms with E-state index in [1.807, 2.05) is 0 Å². The van der Waals surface area contributed by atoms with Crippen molar-refractivity contribution in [3.63, 3.8) is 0 Å². The lowest BCUT2D eigenvalue weighted by Gasteiger charge is -2.15. The van der Waals surface area contributed by atoms with Gasteiger partial charge in [-0.2, -0.15) is 21.6 Å². The van der Waals surface area contributed by atoms with Gasteiger partial charge in [-0.25, -0.2) is 0 Å². The average Bonchev–Trinajstić information content (AvgIpc) is 2.19. The molecular weight excluding hydrogens is 285 g/mol. The van der Waals surface area contributed by atoms with Crippen LogP contribution in [0, 0.1) is 6.92 Å². The van der Waals surface area contributed by atoms with E-state index in [0.717, 1.165) is 12.1 Å². The first-order chi connectivity index (χ1) is 8.45. The predicted molar refractivity (Wildman–Crippen MR) is 62.5 cm³/mol. The van der Waals surface area contributed by atoms with Crippen molar-refractivity contribution in [3.05, 3.63) is 23.3 Å². The molecule has 19 heavy (non-hydrogen) atoms. The molecule has 0 aliphatic rings. The van der Waals surface area contributed by atoms with Crippen molar-refractivity contribution in [2.45, 2.75) is 32.2 Å². The fourth-order valence-electron chi connectivity index (χ4n) is 1.54. The van der Waals surface area contributed by atoms with Crippen LogP contribution in [0.1, 0.15) is 30.9 Å². The smallest absolute Gasteiger partial charge is 0.504 e. The molecule has 8 heteroatoms. The lowest BCUT2D eigenvalue weighted by Crippen LogP contribution is -2.28. The Morgan fingerprint density at radius 2 is 1.79 bits per heavy atom. The largest absolute Gasteiger partial charge is 0.534 e. The molecule has 0 saturated carbocycles. The lowest BCUT2D eigenvalue weighted by molar-refractivity contribution is -0.0500. The first-order valence-corrected chi connectivity index (χ1v) is 6.71. The molecule has 0 saturated heterocycles. The minimum atomic E-state index is -5.79. The highest BCUT2D eigenvalue weighted by molar-refractivity contribution is 7.88. The van der Waals surface area contributed by atoms with Crippen molar-refractivity contribution in [2.24, 2.45) is 0 Å². The normalized spacial score (nSPS) is 12.8. The van der Waals surface area contributed by atoms with Gasteiger partial charge in [0.15, 0.2) is 11.5 Å². The maximum Gasteiger partial charge on any atom is 0.534 e. The summed E-state index contributed by atoms with van der Waals surface area (Å²) in [6, 6.07) is 2.26.